The zero-order chi connectivity index (χ0) is 8.97. The van der Waals surface area contributed by atoms with Gasteiger partial charge in [0, 0.05) is 5.75 Å². The standard InChI is InChI=1S/C8H10O2S2/c1-2-11-5-6-3-4-12-7(6)8(9)10/h3-4H,2,5H2,1H3,(H,9,10). The molecular formula is C8H10O2S2. The van der Waals surface area contributed by atoms with E-state index in [-0.39, 0.29) is 0 Å². The topological polar surface area (TPSA) is 37.3 Å². The summed E-state index contributed by atoms with van der Waals surface area (Å²) < 4.78 is 0. The van der Waals surface area contributed by atoms with Gasteiger partial charge in [0.25, 0.3) is 0 Å². The first-order valence-corrected chi connectivity index (χ1v) is 5.66. The van der Waals surface area contributed by atoms with E-state index in [4.69, 9.17) is 5.11 Å². The maximum atomic E-state index is 10.6. The van der Waals surface area contributed by atoms with Crippen LogP contribution in [0.15, 0.2) is 11.4 Å². The lowest BCUT2D eigenvalue weighted by molar-refractivity contribution is 0.0701. The minimum absolute atomic E-state index is 0.482. The van der Waals surface area contributed by atoms with E-state index >= 15 is 0 Å². The quantitative estimate of drug-likeness (QED) is 0.815. The van der Waals surface area contributed by atoms with E-state index in [0.29, 0.717) is 4.88 Å². The van der Waals surface area contributed by atoms with Crippen LogP contribution in [0.5, 0.6) is 0 Å². The number of hydrogen-bond acceptors (Lipinski definition) is 3. The third-order valence-electron chi connectivity index (χ3n) is 1.40. The smallest absolute Gasteiger partial charge is 0.346 e. The second-order valence-electron chi connectivity index (χ2n) is 2.22. The number of rotatable bonds is 4. The average Bonchev–Trinajstić information content (AvgIpc) is 2.48. The van der Waals surface area contributed by atoms with Crippen molar-refractivity contribution in [1.82, 2.24) is 0 Å². The van der Waals surface area contributed by atoms with E-state index in [0.717, 1.165) is 17.1 Å². The Morgan fingerprint density at radius 1 is 1.75 bits per heavy atom. The molecule has 2 nitrogen and oxygen atoms in total. The van der Waals surface area contributed by atoms with Gasteiger partial charge in [-0.2, -0.15) is 11.8 Å². The molecule has 4 heteroatoms. The van der Waals surface area contributed by atoms with Crippen LogP contribution in [0, 0.1) is 0 Å². The van der Waals surface area contributed by atoms with E-state index in [1.54, 1.807) is 11.8 Å². The summed E-state index contributed by atoms with van der Waals surface area (Å²) in [6.45, 7) is 2.07. The molecule has 1 N–H and O–H groups in total. The van der Waals surface area contributed by atoms with Crippen LogP contribution in [0.25, 0.3) is 0 Å². The normalized spacial score (nSPS) is 10.1. The Labute approximate surface area is 79.6 Å². The molecule has 1 aromatic heterocycles. The predicted octanol–water partition coefficient (Wildman–Crippen LogP) is 2.70. The Kier molecular flexibility index (Phi) is 3.62. The fourth-order valence-electron chi connectivity index (χ4n) is 0.849. The minimum Gasteiger partial charge on any atom is -0.477 e. The summed E-state index contributed by atoms with van der Waals surface area (Å²) in [6, 6.07) is 1.89. The predicted molar refractivity (Wildman–Crippen MR) is 53.1 cm³/mol. The zero-order valence-corrected chi connectivity index (χ0v) is 8.37. The van der Waals surface area contributed by atoms with Crippen LogP contribution in [0.1, 0.15) is 22.2 Å². The van der Waals surface area contributed by atoms with Crippen molar-refractivity contribution in [3.8, 4) is 0 Å². The Morgan fingerprint density at radius 2 is 2.50 bits per heavy atom. The number of carboxylic acid groups (broad SMARTS) is 1. The van der Waals surface area contributed by atoms with Crippen LogP contribution in [-0.2, 0) is 5.75 Å². The van der Waals surface area contributed by atoms with Gasteiger partial charge in [0.1, 0.15) is 4.88 Å². The van der Waals surface area contributed by atoms with Gasteiger partial charge in [-0.3, -0.25) is 0 Å². The highest BCUT2D eigenvalue weighted by Crippen LogP contribution is 2.21. The van der Waals surface area contributed by atoms with Gasteiger partial charge in [-0.1, -0.05) is 6.92 Å². The highest BCUT2D eigenvalue weighted by atomic mass is 32.2. The second-order valence-corrected chi connectivity index (χ2v) is 4.41. The van der Waals surface area contributed by atoms with Crippen LogP contribution < -0.4 is 0 Å². The van der Waals surface area contributed by atoms with Gasteiger partial charge < -0.3 is 5.11 Å². The first-order chi connectivity index (χ1) is 5.75. The lowest BCUT2D eigenvalue weighted by atomic mass is 10.3. The Balaban J connectivity index is 2.70. The van der Waals surface area contributed by atoms with Crippen molar-refractivity contribution in [2.45, 2.75) is 12.7 Å². The summed E-state index contributed by atoms with van der Waals surface area (Å²) in [5.41, 5.74) is 0.944. The Bertz CT molecular complexity index is 268. The summed E-state index contributed by atoms with van der Waals surface area (Å²) in [7, 11) is 0. The van der Waals surface area contributed by atoms with Gasteiger partial charge in [-0.25, -0.2) is 4.79 Å². The first-order valence-electron chi connectivity index (χ1n) is 3.63. The summed E-state index contributed by atoms with van der Waals surface area (Å²) in [5.74, 6) is 1.02. The van der Waals surface area contributed by atoms with Crippen LogP contribution in [0.4, 0.5) is 0 Å². The lowest BCUT2D eigenvalue weighted by Crippen LogP contribution is -1.96. The van der Waals surface area contributed by atoms with Gasteiger partial charge >= 0.3 is 5.97 Å². The molecule has 0 unspecified atom stereocenters. The van der Waals surface area contributed by atoms with Crippen LogP contribution in [-0.4, -0.2) is 16.8 Å². The van der Waals surface area contributed by atoms with Crippen LogP contribution in [0.3, 0.4) is 0 Å². The molecule has 0 aromatic carbocycles. The van der Waals surface area contributed by atoms with E-state index in [1.165, 1.54) is 11.3 Å². The Hall–Kier alpha value is -0.480. The third-order valence-corrected chi connectivity index (χ3v) is 3.27. The molecule has 0 amide bonds. The molecule has 0 aliphatic heterocycles. The van der Waals surface area contributed by atoms with Crippen molar-refractivity contribution >= 4 is 29.1 Å². The van der Waals surface area contributed by atoms with Crippen molar-refractivity contribution in [2.75, 3.05) is 5.75 Å². The monoisotopic (exact) mass is 202 g/mol. The van der Waals surface area contributed by atoms with E-state index in [9.17, 15) is 4.79 Å². The molecule has 0 atom stereocenters. The molecule has 0 spiro atoms. The van der Waals surface area contributed by atoms with Crippen molar-refractivity contribution in [2.24, 2.45) is 0 Å². The van der Waals surface area contributed by atoms with Crippen molar-refractivity contribution in [3.05, 3.63) is 21.9 Å². The SMILES string of the molecule is CCSCc1ccsc1C(=O)O. The molecule has 1 aromatic rings. The highest BCUT2D eigenvalue weighted by Gasteiger charge is 2.10. The number of hydrogen-bond donors (Lipinski definition) is 1. The van der Waals surface area contributed by atoms with Crippen molar-refractivity contribution in [3.63, 3.8) is 0 Å². The minimum atomic E-state index is -0.809. The molecule has 66 valence electrons. The summed E-state index contributed by atoms with van der Waals surface area (Å²) >= 11 is 3.04. The molecule has 1 heterocycles. The molecule has 0 aliphatic rings. The fourth-order valence-corrected chi connectivity index (χ4v) is 2.37. The Morgan fingerprint density at radius 3 is 3.08 bits per heavy atom. The maximum Gasteiger partial charge on any atom is 0.346 e. The third kappa shape index (κ3) is 2.25. The number of aromatic carboxylic acids is 1. The highest BCUT2D eigenvalue weighted by molar-refractivity contribution is 7.98. The number of carboxylic acids is 1. The van der Waals surface area contributed by atoms with E-state index < -0.39 is 5.97 Å². The van der Waals surface area contributed by atoms with Crippen LogP contribution >= 0.6 is 23.1 Å². The van der Waals surface area contributed by atoms with Gasteiger partial charge in [-0.05, 0) is 22.8 Å². The largest absolute Gasteiger partial charge is 0.477 e. The molecule has 12 heavy (non-hydrogen) atoms. The molecule has 1 rings (SSSR count). The first kappa shape index (κ1) is 9.61. The van der Waals surface area contributed by atoms with Gasteiger partial charge in [0.15, 0.2) is 0 Å². The summed E-state index contributed by atoms with van der Waals surface area (Å²) in [5, 5.41) is 10.6. The number of thiophene rings is 1. The molecule has 0 saturated heterocycles. The van der Waals surface area contributed by atoms with Crippen molar-refractivity contribution < 1.29 is 9.90 Å². The zero-order valence-electron chi connectivity index (χ0n) is 6.74. The molecular weight excluding hydrogens is 192 g/mol. The molecule has 0 fully saturated rings. The van der Waals surface area contributed by atoms with Gasteiger partial charge in [0.2, 0.25) is 0 Å². The number of thioether (sulfide) groups is 1. The van der Waals surface area contributed by atoms with Gasteiger partial charge in [0.05, 0.1) is 0 Å². The average molecular weight is 202 g/mol. The molecule has 0 saturated carbocycles. The summed E-state index contributed by atoms with van der Waals surface area (Å²) in [4.78, 5) is 11.1. The van der Waals surface area contributed by atoms with E-state index in [1.807, 2.05) is 11.4 Å². The molecule has 0 bridgehead atoms. The molecule has 0 radical (unpaired) electrons. The van der Waals surface area contributed by atoms with Crippen molar-refractivity contribution in [1.29, 1.82) is 0 Å². The second kappa shape index (κ2) is 4.52. The number of carbonyl (C=O) groups is 1. The lowest BCUT2D eigenvalue weighted by Gasteiger charge is -1.96. The maximum absolute atomic E-state index is 10.6. The van der Waals surface area contributed by atoms with Gasteiger partial charge in [-0.15, -0.1) is 11.3 Å². The van der Waals surface area contributed by atoms with E-state index in [2.05, 4.69) is 6.92 Å². The summed E-state index contributed by atoms with van der Waals surface area (Å²) in [6.07, 6.45) is 0. The molecule has 0 aliphatic carbocycles. The van der Waals surface area contributed by atoms with Crippen LogP contribution in [0.2, 0.25) is 0 Å². The fraction of sp³-hybridized carbons (Fsp3) is 0.375.